The molecule has 4 nitrogen and oxygen atoms in total. The highest BCUT2D eigenvalue weighted by atomic mass is 16.5. The minimum Gasteiger partial charge on any atom is -0.466 e. The summed E-state index contributed by atoms with van der Waals surface area (Å²) in [4.78, 5) is 11.5. The van der Waals surface area contributed by atoms with E-state index < -0.39 is 13.1 Å². The zero-order chi connectivity index (χ0) is 13.3. The molecule has 94 valence electrons. The normalized spacial score (nSPS) is 19.3. The standard InChI is InChI=1S/C13H15BO4/c1-8(9(2)13(15)17-3)12-10-6-4-5-7-11(10)14(16)18-12/h4-8,12,16H,2H2,1,3H3. The number of hydrogen-bond acceptors (Lipinski definition) is 4. The Kier molecular flexibility index (Phi) is 3.54. The van der Waals surface area contributed by atoms with Crippen molar-refractivity contribution in [2.75, 3.05) is 7.11 Å². The van der Waals surface area contributed by atoms with Crippen molar-refractivity contribution in [1.29, 1.82) is 0 Å². The second-order valence-corrected chi connectivity index (χ2v) is 4.34. The van der Waals surface area contributed by atoms with Crippen LogP contribution in [0.25, 0.3) is 0 Å². The summed E-state index contributed by atoms with van der Waals surface area (Å²) in [5, 5.41) is 9.81. The van der Waals surface area contributed by atoms with E-state index >= 15 is 0 Å². The maximum atomic E-state index is 11.5. The topological polar surface area (TPSA) is 55.8 Å². The Balaban J connectivity index is 2.26. The van der Waals surface area contributed by atoms with Gasteiger partial charge in [0, 0.05) is 11.5 Å². The van der Waals surface area contributed by atoms with Crippen molar-refractivity contribution in [3.05, 3.63) is 42.0 Å². The van der Waals surface area contributed by atoms with Crippen LogP contribution in [-0.2, 0) is 14.2 Å². The van der Waals surface area contributed by atoms with E-state index in [9.17, 15) is 9.82 Å². The first-order valence-corrected chi connectivity index (χ1v) is 5.75. The maximum Gasteiger partial charge on any atom is 0.492 e. The molecular formula is C13H15BO4. The van der Waals surface area contributed by atoms with Gasteiger partial charge in [-0.15, -0.1) is 0 Å². The van der Waals surface area contributed by atoms with Gasteiger partial charge in [0.05, 0.1) is 13.2 Å². The van der Waals surface area contributed by atoms with E-state index in [1.165, 1.54) is 7.11 Å². The quantitative estimate of drug-likeness (QED) is 0.487. The molecule has 0 bridgehead atoms. The van der Waals surface area contributed by atoms with E-state index in [2.05, 4.69) is 11.3 Å². The lowest BCUT2D eigenvalue weighted by molar-refractivity contribution is -0.137. The maximum absolute atomic E-state index is 11.5. The second-order valence-electron chi connectivity index (χ2n) is 4.34. The fourth-order valence-electron chi connectivity index (χ4n) is 2.17. The molecule has 1 aliphatic rings. The Bertz CT molecular complexity index is 486. The number of carbonyl (C=O) groups excluding carboxylic acids is 1. The minimum absolute atomic E-state index is 0.254. The Morgan fingerprint density at radius 3 is 2.89 bits per heavy atom. The largest absolute Gasteiger partial charge is 0.492 e. The molecule has 2 unspecified atom stereocenters. The minimum atomic E-state index is -0.945. The molecule has 1 N–H and O–H groups in total. The van der Waals surface area contributed by atoms with Crippen LogP contribution in [0.15, 0.2) is 36.4 Å². The molecule has 0 aliphatic carbocycles. The number of carbonyl (C=O) groups is 1. The van der Waals surface area contributed by atoms with E-state index in [4.69, 9.17) is 4.65 Å². The lowest BCUT2D eigenvalue weighted by Crippen LogP contribution is -2.27. The third kappa shape index (κ3) is 2.07. The van der Waals surface area contributed by atoms with Crippen LogP contribution in [0.4, 0.5) is 0 Å². The van der Waals surface area contributed by atoms with Crippen LogP contribution in [0.5, 0.6) is 0 Å². The molecule has 18 heavy (non-hydrogen) atoms. The van der Waals surface area contributed by atoms with Crippen LogP contribution in [-0.4, -0.2) is 25.2 Å². The van der Waals surface area contributed by atoms with Gasteiger partial charge in [-0.1, -0.05) is 37.8 Å². The SMILES string of the molecule is C=C(C(=O)OC)C(C)C1OB(O)c2ccccc21. The van der Waals surface area contributed by atoms with Crippen molar-refractivity contribution in [1.82, 2.24) is 0 Å². The molecule has 0 fully saturated rings. The third-order valence-electron chi connectivity index (χ3n) is 3.30. The van der Waals surface area contributed by atoms with Gasteiger partial charge in [-0.3, -0.25) is 0 Å². The van der Waals surface area contributed by atoms with Gasteiger partial charge >= 0.3 is 13.1 Å². The molecule has 0 aromatic heterocycles. The Morgan fingerprint density at radius 2 is 2.22 bits per heavy atom. The van der Waals surface area contributed by atoms with Crippen LogP contribution in [0.3, 0.4) is 0 Å². The van der Waals surface area contributed by atoms with Gasteiger partial charge in [0.1, 0.15) is 0 Å². The number of esters is 1. The second kappa shape index (κ2) is 4.96. The number of fused-ring (bicyclic) bond motifs is 1. The van der Waals surface area contributed by atoms with Crippen molar-refractivity contribution in [2.45, 2.75) is 13.0 Å². The molecule has 0 spiro atoms. The van der Waals surface area contributed by atoms with Crippen LogP contribution in [0.1, 0.15) is 18.6 Å². The molecule has 2 rings (SSSR count). The molecule has 5 heteroatoms. The van der Waals surface area contributed by atoms with Crippen LogP contribution < -0.4 is 5.46 Å². The lowest BCUT2D eigenvalue weighted by Gasteiger charge is -2.21. The van der Waals surface area contributed by atoms with Crippen LogP contribution in [0, 0.1) is 5.92 Å². The Hall–Kier alpha value is -1.59. The predicted molar refractivity (Wildman–Crippen MR) is 68.2 cm³/mol. The molecule has 0 radical (unpaired) electrons. The van der Waals surface area contributed by atoms with E-state index in [0.717, 1.165) is 11.0 Å². The van der Waals surface area contributed by atoms with Crippen molar-refractivity contribution >= 4 is 18.6 Å². The van der Waals surface area contributed by atoms with Gasteiger partial charge in [-0.25, -0.2) is 4.79 Å². The zero-order valence-corrected chi connectivity index (χ0v) is 10.4. The van der Waals surface area contributed by atoms with Crippen LogP contribution in [0.2, 0.25) is 0 Å². The summed E-state index contributed by atoms with van der Waals surface area (Å²) in [7, 11) is 0.373. The fraction of sp³-hybridized carbons (Fsp3) is 0.308. The average molecular weight is 246 g/mol. The van der Waals surface area contributed by atoms with E-state index in [0.29, 0.717) is 5.57 Å². The molecule has 1 heterocycles. The fourth-order valence-corrected chi connectivity index (χ4v) is 2.17. The summed E-state index contributed by atoms with van der Waals surface area (Å²) < 4.78 is 10.1. The van der Waals surface area contributed by atoms with E-state index in [1.807, 2.05) is 31.2 Å². The number of rotatable bonds is 3. The summed E-state index contributed by atoms with van der Waals surface area (Å²) in [6.45, 7) is 5.56. The average Bonchev–Trinajstić information content (AvgIpc) is 2.74. The summed E-state index contributed by atoms with van der Waals surface area (Å²) >= 11 is 0. The van der Waals surface area contributed by atoms with Gasteiger partial charge in [0.15, 0.2) is 0 Å². The van der Waals surface area contributed by atoms with Crippen molar-refractivity contribution in [2.24, 2.45) is 5.92 Å². The first-order valence-electron chi connectivity index (χ1n) is 5.75. The van der Waals surface area contributed by atoms with Gasteiger partial charge in [-0.2, -0.15) is 0 Å². The molecule has 1 aromatic rings. The first kappa shape index (κ1) is 12.9. The highest BCUT2D eigenvalue weighted by molar-refractivity contribution is 6.61. The van der Waals surface area contributed by atoms with Gasteiger partial charge in [0.25, 0.3) is 0 Å². The highest BCUT2D eigenvalue weighted by Gasteiger charge is 2.39. The van der Waals surface area contributed by atoms with Gasteiger partial charge in [0.2, 0.25) is 0 Å². The van der Waals surface area contributed by atoms with Crippen molar-refractivity contribution in [3.8, 4) is 0 Å². The van der Waals surface area contributed by atoms with Gasteiger partial charge < -0.3 is 14.4 Å². The monoisotopic (exact) mass is 246 g/mol. The smallest absolute Gasteiger partial charge is 0.466 e. The molecule has 1 aromatic carbocycles. The van der Waals surface area contributed by atoms with Crippen LogP contribution >= 0.6 is 0 Å². The number of methoxy groups -OCH3 is 1. The molecule has 0 amide bonds. The Labute approximate surface area is 106 Å². The summed E-state index contributed by atoms with van der Waals surface area (Å²) in [6, 6.07) is 7.42. The third-order valence-corrected chi connectivity index (χ3v) is 3.30. The molecule has 2 atom stereocenters. The molecular weight excluding hydrogens is 231 g/mol. The lowest BCUT2D eigenvalue weighted by atomic mass is 9.78. The predicted octanol–water partition coefficient (Wildman–Crippen LogP) is 0.811. The number of hydrogen-bond donors (Lipinski definition) is 1. The van der Waals surface area contributed by atoms with Crippen molar-refractivity contribution in [3.63, 3.8) is 0 Å². The Morgan fingerprint density at radius 1 is 1.56 bits per heavy atom. The highest BCUT2D eigenvalue weighted by Crippen LogP contribution is 2.34. The van der Waals surface area contributed by atoms with E-state index in [-0.39, 0.29) is 12.0 Å². The molecule has 0 saturated heterocycles. The molecule has 1 aliphatic heterocycles. The summed E-state index contributed by atoms with van der Waals surface area (Å²) in [5.41, 5.74) is 1.97. The zero-order valence-electron chi connectivity index (χ0n) is 10.4. The summed E-state index contributed by atoms with van der Waals surface area (Å²) in [5.74, 6) is -0.708. The van der Waals surface area contributed by atoms with Gasteiger partial charge in [-0.05, 0) is 11.0 Å². The summed E-state index contributed by atoms with van der Waals surface area (Å²) in [6.07, 6.45) is -0.372. The van der Waals surface area contributed by atoms with E-state index in [1.54, 1.807) is 0 Å². The molecule has 0 saturated carbocycles. The number of ether oxygens (including phenoxy) is 1. The number of benzene rings is 1. The first-order chi connectivity index (χ1) is 8.56. The van der Waals surface area contributed by atoms with Crippen molar-refractivity contribution < 1.29 is 19.2 Å².